The van der Waals surface area contributed by atoms with Gasteiger partial charge in [-0.1, -0.05) is 50.3 Å². The molecule has 4 atom stereocenters. The van der Waals surface area contributed by atoms with Crippen molar-refractivity contribution in [3.8, 4) is 5.75 Å². The molecule has 1 amide bonds. The largest absolute Gasteiger partial charge is 0.508 e. The zero-order valence-corrected chi connectivity index (χ0v) is 22.3. The van der Waals surface area contributed by atoms with Crippen molar-refractivity contribution in [3.05, 3.63) is 78.4 Å². The Kier molecular flexibility index (Phi) is 8.38. The van der Waals surface area contributed by atoms with E-state index in [1.807, 2.05) is 53.4 Å². The number of fused-ring (bicyclic) bond motifs is 1. The average molecular weight is 505 g/mol. The zero-order valence-electron chi connectivity index (χ0n) is 22.3. The number of esters is 1. The van der Waals surface area contributed by atoms with Crippen LogP contribution in [-0.4, -0.2) is 65.1 Å². The van der Waals surface area contributed by atoms with Crippen LogP contribution in [-0.2, 0) is 14.9 Å². The normalized spacial score (nSPS) is 25.8. The average Bonchev–Trinajstić information content (AvgIpc) is 2.87. The Balaban J connectivity index is 1.80. The van der Waals surface area contributed by atoms with Crippen LogP contribution < -0.4 is 0 Å². The first-order valence-corrected chi connectivity index (χ1v) is 13.4. The van der Waals surface area contributed by atoms with E-state index < -0.39 is 0 Å². The minimum absolute atomic E-state index is 0.00878. The van der Waals surface area contributed by atoms with E-state index in [2.05, 4.69) is 31.4 Å². The molecule has 37 heavy (non-hydrogen) atoms. The third kappa shape index (κ3) is 5.90. The molecule has 198 valence electrons. The third-order valence-electron chi connectivity index (χ3n) is 8.00. The van der Waals surface area contributed by atoms with Crippen LogP contribution in [0.1, 0.15) is 56.0 Å². The number of aromatic hydroxyl groups is 1. The van der Waals surface area contributed by atoms with Crippen LogP contribution in [0.15, 0.2) is 67.3 Å². The molecule has 2 aliphatic rings. The molecule has 0 radical (unpaired) electrons. The molecule has 2 aromatic rings. The number of piperidine rings is 1. The van der Waals surface area contributed by atoms with Gasteiger partial charge in [0.15, 0.2) is 0 Å². The fourth-order valence-corrected chi connectivity index (χ4v) is 6.51. The molecule has 6 nitrogen and oxygen atoms in total. The fraction of sp³-hybridized carbons (Fsp3) is 0.484. The number of nitrogens with zero attached hydrogens (tertiary/aromatic N) is 2. The number of benzene rings is 2. The SMILES string of the molecule is C=CCN1CC[C@@]2(c3cccc(O)c3)C[C@@H](N(CC(C)C)C(=O)c3ccccc3)CC(OC(C)=O)[C@@H]2C1. The second-order valence-electron chi connectivity index (χ2n) is 11.1. The number of hydrogen-bond donors (Lipinski definition) is 1. The van der Waals surface area contributed by atoms with Gasteiger partial charge < -0.3 is 14.7 Å². The van der Waals surface area contributed by atoms with Gasteiger partial charge in [-0.2, -0.15) is 0 Å². The number of carbonyl (C=O) groups excluding carboxylic acids is 2. The molecule has 4 rings (SSSR count). The Bertz CT molecular complexity index is 1100. The standard InChI is InChI=1S/C31H40N2O4/c1-5-15-32-16-14-31(25-12-9-13-27(35)17-25)19-26(18-29(28(31)21-32)37-23(4)34)33(20-22(2)3)30(36)24-10-7-6-8-11-24/h5-13,17,22,26,28-29,35H,1,14-16,18-21H2,2-4H3/t26-,28-,29?,31-/m0/s1. The molecule has 2 aromatic carbocycles. The molecule has 1 N–H and O–H groups in total. The Morgan fingerprint density at radius 1 is 1.22 bits per heavy atom. The Morgan fingerprint density at radius 3 is 2.62 bits per heavy atom. The number of phenolic OH excluding ortho intramolecular Hbond substituents is 1. The van der Waals surface area contributed by atoms with Crippen LogP contribution in [0.4, 0.5) is 0 Å². The lowest BCUT2D eigenvalue weighted by Crippen LogP contribution is -2.62. The maximum atomic E-state index is 13.9. The first-order valence-electron chi connectivity index (χ1n) is 13.4. The summed E-state index contributed by atoms with van der Waals surface area (Å²) in [5.41, 5.74) is 1.38. The number of rotatable bonds is 8. The van der Waals surface area contributed by atoms with E-state index in [0.29, 0.717) is 18.5 Å². The van der Waals surface area contributed by atoms with Crippen LogP contribution in [0.5, 0.6) is 5.75 Å². The quantitative estimate of drug-likeness (QED) is 0.403. The van der Waals surface area contributed by atoms with Crippen molar-refractivity contribution in [2.45, 2.75) is 57.6 Å². The molecule has 1 aliphatic heterocycles. The molecule has 2 fully saturated rings. The van der Waals surface area contributed by atoms with Crippen molar-refractivity contribution >= 4 is 11.9 Å². The van der Waals surface area contributed by atoms with Gasteiger partial charge in [0.2, 0.25) is 0 Å². The predicted octanol–water partition coefficient (Wildman–Crippen LogP) is 5.03. The van der Waals surface area contributed by atoms with E-state index in [0.717, 1.165) is 38.0 Å². The molecule has 0 spiro atoms. The van der Waals surface area contributed by atoms with E-state index >= 15 is 0 Å². The summed E-state index contributed by atoms with van der Waals surface area (Å²) in [7, 11) is 0. The number of hydrogen-bond acceptors (Lipinski definition) is 5. The van der Waals surface area contributed by atoms with E-state index in [-0.39, 0.29) is 47.0 Å². The van der Waals surface area contributed by atoms with E-state index in [4.69, 9.17) is 4.74 Å². The third-order valence-corrected chi connectivity index (χ3v) is 8.00. The number of phenols is 1. The maximum Gasteiger partial charge on any atom is 0.302 e. The Morgan fingerprint density at radius 2 is 1.97 bits per heavy atom. The number of amides is 1. The molecular formula is C31H40N2O4. The smallest absolute Gasteiger partial charge is 0.302 e. The summed E-state index contributed by atoms with van der Waals surface area (Å²) in [5, 5.41) is 10.4. The predicted molar refractivity (Wildman–Crippen MR) is 145 cm³/mol. The molecule has 1 saturated carbocycles. The first kappa shape index (κ1) is 26.9. The molecular weight excluding hydrogens is 464 g/mol. The highest BCUT2D eigenvalue weighted by atomic mass is 16.5. The van der Waals surface area contributed by atoms with Crippen molar-refractivity contribution in [3.63, 3.8) is 0 Å². The lowest BCUT2D eigenvalue weighted by molar-refractivity contribution is -0.158. The van der Waals surface area contributed by atoms with Gasteiger partial charge in [0, 0.05) is 55.9 Å². The van der Waals surface area contributed by atoms with E-state index in [1.54, 1.807) is 6.07 Å². The maximum absolute atomic E-state index is 13.9. The molecule has 1 aliphatic carbocycles. The van der Waals surface area contributed by atoms with Gasteiger partial charge in [-0.05, 0) is 55.1 Å². The van der Waals surface area contributed by atoms with Crippen molar-refractivity contribution in [1.29, 1.82) is 0 Å². The summed E-state index contributed by atoms with van der Waals surface area (Å²) >= 11 is 0. The van der Waals surface area contributed by atoms with Gasteiger partial charge in [-0.15, -0.1) is 6.58 Å². The minimum atomic E-state index is -0.343. The summed E-state index contributed by atoms with van der Waals surface area (Å²) in [6.07, 6.45) is 3.77. The van der Waals surface area contributed by atoms with Crippen molar-refractivity contribution in [1.82, 2.24) is 9.80 Å². The van der Waals surface area contributed by atoms with Crippen molar-refractivity contribution < 1.29 is 19.4 Å². The van der Waals surface area contributed by atoms with Gasteiger partial charge in [0.1, 0.15) is 11.9 Å². The van der Waals surface area contributed by atoms with Crippen LogP contribution in [0, 0.1) is 11.8 Å². The van der Waals surface area contributed by atoms with Crippen LogP contribution in [0.25, 0.3) is 0 Å². The summed E-state index contributed by atoms with van der Waals surface area (Å²) in [6, 6.07) is 16.8. The second-order valence-corrected chi connectivity index (χ2v) is 11.1. The lowest BCUT2D eigenvalue weighted by atomic mass is 9.56. The van der Waals surface area contributed by atoms with Crippen LogP contribution >= 0.6 is 0 Å². The first-order chi connectivity index (χ1) is 17.7. The summed E-state index contributed by atoms with van der Waals surface area (Å²) in [6.45, 7) is 12.7. The minimum Gasteiger partial charge on any atom is -0.508 e. The van der Waals surface area contributed by atoms with E-state index in [9.17, 15) is 14.7 Å². The summed E-state index contributed by atoms with van der Waals surface area (Å²) in [5.74, 6) is 0.250. The fourth-order valence-electron chi connectivity index (χ4n) is 6.51. The highest BCUT2D eigenvalue weighted by Crippen LogP contribution is 2.51. The number of carbonyl (C=O) groups is 2. The van der Waals surface area contributed by atoms with Crippen LogP contribution in [0.2, 0.25) is 0 Å². The van der Waals surface area contributed by atoms with Gasteiger partial charge >= 0.3 is 5.97 Å². The van der Waals surface area contributed by atoms with E-state index in [1.165, 1.54) is 6.92 Å². The molecule has 0 aromatic heterocycles. The molecule has 1 heterocycles. The molecule has 0 bridgehead atoms. The van der Waals surface area contributed by atoms with Gasteiger partial charge in [-0.3, -0.25) is 14.5 Å². The van der Waals surface area contributed by atoms with Crippen molar-refractivity contribution in [2.24, 2.45) is 11.8 Å². The molecule has 6 heteroatoms. The van der Waals surface area contributed by atoms with Crippen molar-refractivity contribution in [2.75, 3.05) is 26.2 Å². The summed E-state index contributed by atoms with van der Waals surface area (Å²) < 4.78 is 6.04. The topological polar surface area (TPSA) is 70.1 Å². The lowest BCUT2D eigenvalue weighted by Gasteiger charge is -2.56. The summed E-state index contributed by atoms with van der Waals surface area (Å²) in [4.78, 5) is 30.6. The highest BCUT2D eigenvalue weighted by Gasteiger charge is 2.54. The molecule has 1 saturated heterocycles. The second kappa shape index (κ2) is 11.5. The van der Waals surface area contributed by atoms with Gasteiger partial charge in [0.05, 0.1) is 0 Å². The zero-order chi connectivity index (χ0) is 26.6. The van der Waals surface area contributed by atoms with Gasteiger partial charge in [-0.25, -0.2) is 0 Å². The monoisotopic (exact) mass is 504 g/mol. The highest BCUT2D eigenvalue weighted by molar-refractivity contribution is 5.94. The van der Waals surface area contributed by atoms with Crippen LogP contribution in [0.3, 0.4) is 0 Å². The Labute approximate surface area is 220 Å². The van der Waals surface area contributed by atoms with Gasteiger partial charge in [0.25, 0.3) is 5.91 Å². The Hall–Kier alpha value is -3.12. The number of likely N-dealkylation sites (tertiary alicyclic amines) is 1. The number of ether oxygens (including phenoxy) is 1. The molecule has 1 unspecified atom stereocenters.